The Morgan fingerprint density at radius 2 is 1.91 bits per heavy atom. The van der Waals surface area contributed by atoms with Gasteiger partial charge in [-0.05, 0) is 42.8 Å². The Balaban J connectivity index is 2.10. The number of carbonyl (C=O) groups excluding carboxylic acids is 1. The van der Waals surface area contributed by atoms with Crippen LogP contribution in [0.25, 0.3) is 6.08 Å². The van der Waals surface area contributed by atoms with Crippen molar-refractivity contribution in [3.05, 3.63) is 58.6 Å². The third kappa shape index (κ3) is 4.50. The highest BCUT2D eigenvalue weighted by atomic mass is 35.5. The maximum atomic E-state index is 12.0. The molecule has 0 fully saturated rings. The summed E-state index contributed by atoms with van der Waals surface area (Å²) in [7, 11) is 3.16. The van der Waals surface area contributed by atoms with E-state index in [0.717, 1.165) is 11.1 Å². The fraction of sp³-hybridized carbons (Fsp3) is 0.167. The van der Waals surface area contributed by atoms with Crippen molar-refractivity contribution in [1.29, 1.82) is 0 Å². The molecule has 0 spiro atoms. The molecule has 0 aliphatic rings. The summed E-state index contributed by atoms with van der Waals surface area (Å²) >= 11 is 6.04. The number of rotatable bonds is 5. The van der Waals surface area contributed by atoms with E-state index in [2.05, 4.69) is 5.32 Å². The number of anilines is 1. The van der Waals surface area contributed by atoms with E-state index in [-0.39, 0.29) is 5.91 Å². The molecule has 0 atom stereocenters. The van der Waals surface area contributed by atoms with E-state index in [0.29, 0.717) is 22.2 Å². The topological polar surface area (TPSA) is 47.6 Å². The molecule has 2 aromatic rings. The van der Waals surface area contributed by atoms with Crippen molar-refractivity contribution in [1.82, 2.24) is 0 Å². The average Bonchev–Trinajstić information content (AvgIpc) is 2.56. The van der Waals surface area contributed by atoms with Crippen LogP contribution in [0.2, 0.25) is 5.02 Å². The second-order valence-corrected chi connectivity index (χ2v) is 5.30. The number of halogens is 1. The van der Waals surface area contributed by atoms with Gasteiger partial charge in [0.15, 0.2) is 0 Å². The van der Waals surface area contributed by atoms with Gasteiger partial charge in [0, 0.05) is 28.4 Å². The maximum absolute atomic E-state index is 12.0. The summed E-state index contributed by atoms with van der Waals surface area (Å²) in [5, 5.41) is 3.38. The lowest BCUT2D eigenvalue weighted by molar-refractivity contribution is -0.111. The van der Waals surface area contributed by atoms with Gasteiger partial charge in [0.1, 0.15) is 11.5 Å². The number of amides is 1. The van der Waals surface area contributed by atoms with Gasteiger partial charge in [-0.3, -0.25) is 4.79 Å². The fourth-order valence-electron chi connectivity index (χ4n) is 1.98. The standard InChI is InChI=1S/C18H18ClNO3/c1-12-4-7-14(10-16(12)19)20-18(21)9-6-13-5-8-15(22-2)11-17(13)23-3/h4-11H,1-3H3,(H,20,21)/b9-6+. The summed E-state index contributed by atoms with van der Waals surface area (Å²) in [6.07, 6.45) is 3.13. The molecule has 0 bridgehead atoms. The zero-order valence-corrected chi connectivity index (χ0v) is 14.0. The zero-order chi connectivity index (χ0) is 16.8. The predicted octanol–water partition coefficient (Wildman–Crippen LogP) is 4.32. The van der Waals surface area contributed by atoms with E-state index in [1.807, 2.05) is 19.1 Å². The van der Waals surface area contributed by atoms with Gasteiger partial charge in [0.05, 0.1) is 14.2 Å². The molecule has 2 rings (SSSR count). The maximum Gasteiger partial charge on any atom is 0.248 e. The summed E-state index contributed by atoms with van der Waals surface area (Å²) in [6.45, 7) is 1.91. The van der Waals surface area contributed by atoms with Crippen LogP contribution in [0.1, 0.15) is 11.1 Å². The van der Waals surface area contributed by atoms with E-state index in [1.54, 1.807) is 44.6 Å². The summed E-state index contributed by atoms with van der Waals surface area (Å²) in [5.74, 6) is 1.08. The smallest absolute Gasteiger partial charge is 0.248 e. The van der Waals surface area contributed by atoms with Crippen LogP contribution >= 0.6 is 11.6 Å². The summed E-state index contributed by atoms with van der Waals surface area (Å²) in [4.78, 5) is 12.0. The van der Waals surface area contributed by atoms with E-state index in [1.165, 1.54) is 6.08 Å². The first-order valence-electron chi connectivity index (χ1n) is 7.00. The Labute approximate surface area is 140 Å². The molecule has 0 aromatic heterocycles. The minimum Gasteiger partial charge on any atom is -0.497 e. The average molecular weight is 332 g/mol. The second kappa shape index (κ2) is 7.70. The van der Waals surface area contributed by atoms with Crippen LogP contribution in [0, 0.1) is 6.92 Å². The van der Waals surface area contributed by atoms with E-state index in [4.69, 9.17) is 21.1 Å². The van der Waals surface area contributed by atoms with Crippen molar-refractivity contribution in [3.63, 3.8) is 0 Å². The molecule has 23 heavy (non-hydrogen) atoms. The summed E-state index contributed by atoms with van der Waals surface area (Å²) in [6, 6.07) is 10.8. The first-order valence-corrected chi connectivity index (χ1v) is 7.38. The molecule has 5 heteroatoms. The SMILES string of the molecule is COc1ccc(/C=C/C(=O)Nc2ccc(C)c(Cl)c2)c(OC)c1. The van der Waals surface area contributed by atoms with Gasteiger partial charge in [0.25, 0.3) is 0 Å². The molecule has 0 aliphatic carbocycles. The van der Waals surface area contributed by atoms with E-state index in [9.17, 15) is 4.79 Å². The minimum absolute atomic E-state index is 0.247. The van der Waals surface area contributed by atoms with Gasteiger partial charge in [-0.1, -0.05) is 17.7 Å². The van der Waals surface area contributed by atoms with Crippen molar-refractivity contribution in [2.24, 2.45) is 0 Å². The molecule has 1 N–H and O–H groups in total. The quantitative estimate of drug-likeness (QED) is 0.830. The number of nitrogens with one attached hydrogen (secondary N) is 1. The van der Waals surface area contributed by atoms with Crippen LogP contribution in [0.3, 0.4) is 0 Å². The Kier molecular flexibility index (Phi) is 5.66. The number of carbonyl (C=O) groups is 1. The van der Waals surface area contributed by atoms with Crippen molar-refractivity contribution in [2.75, 3.05) is 19.5 Å². The summed E-state index contributed by atoms with van der Waals surface area (Å²) in [5.41, 5.74) is 2.39. The lowest BCUT2D eigenvalue weighted by Gasteiger charge is -2.07. The Hall–Kier alpha value is -2.46. The van der Waals surface area contributed by atoms with Gasteiger partial charge in [0.2, 0.25) is 5.91 Å². The highest BCUT2D eigenvalue weighted by Crippen LogP contribution is 2.25. The number of ether oxygens (including phenoxy) is 2. The van der Waals surface area contributed by atoms with Crippen LogP contribution in [-0.4, -0.2) is 20.1 Å². The first kappa shape index (κ1) is 16.9. The predicted molar refractivity (Wildman–Crippen MR) is 93.4 cm³/mol. The van der Waals surface area contributed by atoms with Crippen LogP contribution in [-0.2, 0) is 4.79 Å². The van der Waals surface area contributed by atoms with Gasteiger partial charge < -0.3 is 14.8 Å². The lowest BCUT2D eigenvalue weighted by Crippen LogP contribution is -2.07. The lowest BCUT2D eigenvalue weighted by atomic mass is 10.1. The van der Waals surface area contributed by atoms with Gasteiger partial charge >= 0.3 is 0 Å². The molecule has 4 nitrogen and oxygen atoms in total. The molecule has 0 saturated heterocycles. The molecule has 0 aliphatic heterocycles. The highest BCUT2D eigenvalue weighted by molar-refractivity contribution is 6.31. The zero-order valence-electron chi connectivity index (χ0n) is 13.2. The normalized spacial score (nSPS) is 10.6. The Morgan fingerprint density at radius 3 is 2.57 bits per heavy atom. The van der Waals surface area contributed by atoms with Crippen molar-refractivity contribution in [3.8, 4) is 11.5 Å². The number of hydrogen-bond acceptors (Lipinski definition) is 3. The van der Waals surface area contributed by atoms with Gasteiger partial charge in [-0.25, -0.2) is 0 Å². The molecule has 120 valence electrons. The van der Waals surface area contributed by atoms with Gasteiger partial charge in [-0.2, -0.15) is 0 Å². The van der Waals surface area contributed by atoms with Crippen molar-refractivity contribution < 1.29 is 14.3 Å². The Bertz CT molecular complexity index is 741. The number of hydrogen-bond donors (Lipinski definition) is 1. The van der Waals surface area contributed by atoms with Crippen LogP contribution < -0.4 is 14.8 Å². The van der Waals surface area contributed by atoms with Crippen LogP contribution in [0.5, 0.6) is 11.5 Å². The number of methoxy groups -OCH3 is 2. The van der Waals surface area contributed by atoms with Gasteiger partial charge in [-0.15, -0.1) is 0 Å². The molecule has 1 amide bonds. The summed E-state index contributed by atoms with van der Waals surface area (Å²) < 4.78 is 10.4. The van der Waals surface area contributed by atoms with Crippen LogP contribution in [0.15, 0.2) is 42.5 Å². The fourth-order valence-corrected chi connectivity index (χ4v) is 2.16. The van der Waals surface area contributed by atoms with Crippen LogP contribution in [0.4, 0.5) is 5.69 Å². The molecule has 0 saturated carbocycles. The molecule has 0 unspecified atom stereocenters. The molecule has 0 radical (unpaired) electrons. The largest absolute Gasteiger partial charge is 0.497 e. The van der Waals surface area contributed by atoms with E-state index >= 15 is 0 Å². The van der Waals surface area contributed by atoms with Crippen molar-refractivity contribution in [2.45, 2.75) is 6.92 Å². The third-order valence-electron chi connectivity index (χ3n) is 3.29. The second-order valence-electron chi connectivity index (χ2n) is 4.89. The first-order chi connectivity index (χ1) is 11.0. The van der Waals surface area contributed by atoms with Crippen molar-refractivity contribution >= 4 is 29.3 Å². The monoisotopic (exact) mass is 331 g/mol. The number of benzene rings is 2. The Morgan fingerprint density at radius 1 is 1.13 bits per heavy atom. The highest BCUT2D eigenvalue weighted by Gasteiger charge is 2.04. The molecular formula is C18H18ClNO3. The minimum atomic E-state index is -0.247. The number of aryl methyl sites for hydroxylation is 1. The molecule has 2 aromatic carbocycles. The molecule has 0 heterocycles. The third-order valence-corrected chi connectivity index (χ3v) is 3.70. The molecular weight excluding hydrogens is 314 g/mol. The van der Waals surface area contributed by atoms with E-state index < -0.39 is 0 Å².